The van der Waals surface area contributed by atoms with Crippen LogP contribution in [0, 0.1) is 0 Å². The van der Waals surface area contributed by atoms with E-state index in [0.717, 1.165) is 70.6 Å². The van der Waals surface area contributed by atoms with Gasteiger partial charge < -0.3 is 20.3 Å². The number of amides is 1. The maximum absolute atomic E-state index is 13.1. The van der Waals surface area contributed by atoms with Crippen LogP contribution in [0.3, 0.4) is 0 Å². The summed E-state index contributed by atoms with van der Waals surface area (Å²) >= 11 is 0. The number of aliphatic hydroxyl groups is 2. The second-order valence-electron chi connectivity index (χ2n) is 16.9. The van der Waals surface area contributed by atoms with Crippen molar-refractivity contribution in [2.24, 2.45) is 0 Å². The van der Waals surface area contributed by atoms with E-state index >= 15 is 0 Å². The molecule has 3 atom stereocenters. The Morgan fingerprint density at radius 3 is 1.33 bits per heavy atom. The van der Waals surface area contributed by atoms with Crippen LogP contribution in [-0.4, -0.2) is 46.9 Å². The summed E-state index contributed by atoms with van der Waals surface area (Å²) in [6, 6.07) is -0.700. The van der Waals surface area contributed by atoms with Gasteiger partial charge in [0.1, 0.15) is 6.10 Å². The maximum atomic E-state index is 13.1. The second-order valence-corrected chi connectivity index (χ2v) is 16.9. The first-order chi connectivity index (χ1) is 28.0. The van der Waals surface area contributed by atoms with Gasteiger partial charge in [0.15, 0.2) is 0 Å². The van der Waals surface area contributed by atoms with Gasteiger partial charge in [-0.15, -0.1) is 0 Å². The van der Waals surface area contributed by atoms with Crippen LogP contribution in [0.1, 0.15) is 252 Å². The summed E-state index contributed by atoms with van der Waals surface area (Å²) in [7, 11) is 0. The SMILES string of the molecule is CCCCCCC/C=C/C=C/C=C/CCCCCCCC(=O)OC(CCCCCCCCCCCCC)CC(=O)NC(CO)C(O)CCCCCCCCCCC. The maximum Gasteiger partial charge on any atom is 0.306 e. The molecule has 57 heavy (non-hydrogen) atoms. The van der Waals surface area contributed by atoms with Crippen molar-refractivity contribution in [2.75, 3.05) is 6.61 Å². The Morgan fingerprint density at radius 2 is 0.895 bits per heavy atom. The predicted molar refractivity (Wildman–Crippen MR) is 246 cm³/mol. The molecule has 0 aromatic carbocycles. The average Bonchev–Trinajstić information content (AvgIpc) is 3.20. The van der Waals surface area contributed by atoms with E-state index in [9.17, 15) is 19.8 Å². The normalized spacial score (nSPS) is 13.6. The fourth-order valence-corrected chi connectivity index (χ4v) is 7.49. The van der Waals surface area contributed by atoms with Crippen molar-refractivity contribution in [3.63, 3.8) is 0 Å². The van der Waals surface area contributed by atoms with E-state index in [4.69, 9.17) is 4.74 Å². The summed E-state index contributed by atoms with van der Waals surface area (Å²) in [6.07, 6.45) is 52.0. The van der Waals surface area contributed by atoms with E-state index in [0.29, 0.717) is 19.3 Å². The van der Waals surface area contributed by atoms with E-state index in [2.05, 4.69) is 62.5 Å². The molecule has 3 N–H and O–H groups in total. The van der Waals surface area contributed by atoms with Gasteiger partial charge in [-0.05, 0) is 51.4 Å². The molecule has 0 fully saturated rings. The third-order valence-electron chi connectivity index (χ3n) is 11.3. The van der Waals surface area contributed by atoms with Crippen LogP contribution in [0.4, 0.5) is 0 Å². The van der Waals surface area contributed by atoms with Crippen molar-refractivity contribution in [3.8, 4) is 0 Å². The van der Waals surface area contributed by atoms with Gasteiger partial charge in [0.2, 0.25) is 5.91 Å². The number of hydrogen-bond donors (Lipinski definition) is 3. The Hall–Kier alpha value is -1.92. The van der Waals surface area contributed by atoms with Crippen LogP contribution in [0.2, 0.25) is 0 Å². The molecule has 0 aliphatic heterocycles. The molecule has 0 aromatic heterocycles. The molecule has 0 saturated carbocycles. The largest absolute Gasteiger partial charge is 0.462 e. The average molecular weight is 802 g/mol. The van der Waals surface area contributed by atoms with Crippen molar-refractivity contribution in [1.82, 2.24) is 5.32 Å². The number of unbranched alkanes of at least 4 members (excludes halogenated alkanes) is 28. The molecule has 0 rings (SSSR count). The number of carbonyl (C=O) groups excluding carboxylic acids is 2. The van der Waals surface area contributed by atoms with Gasteiger partial charge in [0, 0.05) is 6.42 Å². The van der Waals surface area contributed by atoms with Crippen LogP contribution < -0.4 is 5.32 Å². The van der Waals surface area contributed by atoms with Crippen molar-refractivity contribution >= 4 is 11.9 Å². The molecule has 3 unspecified atom stereocenters. The highest BCUT2D eigenvalue weighted by Gasteiger charge is 2.24. The summed E-state index contributed by atoms with van der Waals surface area (Å²) in [5, 5.41) is 23.6. The highest BCUT2D eigenvalue weighted by molar-refractivity contribution is 5.77. The topological polar surface area (TPSA) is 95.9 Å². The Labute approximate surface area is 353 Å². The molecule has 0 radical (unpaired) electrons. The van der Waals surface area contributed by atoms with E-state index in [1.54, 1.807) is 0 Å². The summed E-state index contributed by atoms with van der Waals surface area (Å²) in [5.41, 5.74) is 0. The highest BCUT2D eigenvalue weighted by atomic mass is 16.5. The van der Waals surface area contributed by atoms with Crippen molar-refractivity contribution in [3.05, 3.63) is 36.5 Å². The number of hydrogen-bond acceptors (Lipinski definition) is 5. The zero-order valence-electron chi connectivity index (χ0n) is 38.0. The van der Waals surface area contributed by atoms with Gasteiger partial charge >= 0.3 is 5.97 Å². The van der Waals surface area contributed by atoms with E-state index in [1.165, 1.54) is 135 Å². The minimum Gasteiger partial charge on any atom is -0.462 e. The molecule has 334 valence electrons. The van der Waals surface area contributed by atoms with E-state index in [1.807, 2.05) is 0 Å². The Balaban J connectivity index is 4.55. The number of ether oxygens (including phenoxy) is 1. The van der Waals surface area contributed by atoms with Crippen LogP contribution in [0.25, 0.3) is 0 Å². The predicted octanol–water partition coefficient (Wildman–Crippen LogP) is 14.5. The van der Waals surface area contributed by atoms with Crippen molar-refractivity contribution in [2.45, 2.75) is 270 Å². The van der Waals surface area contributed by atoms with Gasteiger partial charge in [-0.1, -0.05) is 224 Å². The molecule has 6 heteroatoms. The molecule has 0 aliphatic rings. The second kappa shape index (κ2) is 45.2. The zero-order chi connectivity index (χ0) is 41.7. The Morgan fingerprint density at radius 1 is 0.509 bits per heavy atom. The Bertz CT molecular complexity index is 946. The van der Waals surface area contributed by atoms with Gasteiger partial charge in [-0.3, -0.25) is 9.59 Å². The zero-order valence-corrected chi connectivity index (χ0v) is 38.0. The quantitative estimate of drug-likeness (QED) is 0.0324. The summed E-state index contributed by atoms with van der Waals surface area (Å²) < 4.78 is 5.91. The molecule has 0 aromatic rings. The molecule has 0 spiro atoms. The smallest absolute Gasteiger partial charge is 0.306 e. The van der Waals surface area contributed by atoms with Crippen LogP contribution >= 0.6 is 0 Å². The van der Waals surface area contributed by atoms with Gasteiger partial charge in [-0.25, -0.2) is 0 Å². The lowest BCUT2D eigenvalue weighted by Gasteiger charge is -2.24. The molecular formula is C51H95NO5. The summed E-state index contributed by atoms with van der Waals surface area (Å²) in [4.78, 5) is 26.0. The monoisotopic (exact) mass is 802 g/mol. The summed E-state index contributed by atoms with van der Waals surface area (Å²) in [5.74, 6) is -0.490. The molecular weight excluding hydrogens is 707 g/mol. The first-order valence-corrected chi connectivity index (χ1v) is 24.7. The van der Waals surface area contributed by atoms with Gasteiger partial charge in [0.25, 0.3) is 0 Å². The lowest BCUT2D eigenvalue weighted by molar-refractivity contribution is -0.151. The third-order valence-corrected chi connectivity index (χ3v) is 11.3. The van der Waals surface area contributed by atoms with Crippen LogP contribution in [-0.2, 0) is 14.3 Å². The highest BCUT2D eigenvalue weighted by Crippen LogP contribution is 2.18. The number of carbonyl (C=O) groups is 2. The standard InChI is InChI=1S/C51H95NO5/c1-4-7-10-13-16-19-21-22-23-24-25-26-27-29-32-35-38-41-44-51(56)57-47(42-39-36-33-31-28-20-17-14-11-8-5-2)45-50(55)52-48(46-53)49(54)43-40-37-34-30-18-15-12-9-6-3/h21-26,47-49,53-54H,4-20,27-46H2,1-3H3,(H,52,55)/b22-21+,24-23+,26-25+. The van der Waals surface area contributed by atoms with Crippen LogP contribution in [0.5, 0.6) is 0 Å². The number of rotatable bonds is 44. The van der Waals surface area contributed by atoms with Crippen molar-refractivity contribution < 1.29 is 24.5 Å². The molecule has 0 bridgehead atoms. The molecule has 0 heterocycles. The fourth-order valence-electron chi connectivity index (χ4n) is 7.49. The Kier molecular flexibility index (Phi) is 43.6. The number of allylic oxidation sites excluding steroid dienone is 6. The molecule has 0 saturated heterocycles. The minimum absolute atomic E-state index is 0.0723. The summed E-state index contributed by atoms with van der Waals surface area (Å²) in [6.45, 7) is 6.44. The molecule has 1 amide bonds. The fraction of sp³-hybridized carbons (Fsp3) is 0.843. The van der Waals surface area contributed by atoms with E-state index < -0.39 is 18.2 Å². The van der Waals surface area contributed by atoms with Gasteiger partial charge in [0.05, 0.1) is 25.2 Å². The lowest BCUT2D eigenvalue weighted by atomic mass is 10.0. The number of aliphatic hydroxyl groups excluding tert-OH is 2. The van der Waals surface area contributed by atoms with E-state index in [-0.39, 0.29) is 24.9 Å². The number of esters is 1. The van der Waals surface area contributed by atoms with Crippen LogP contribution in [0.15, 0.2) is 36.5 Å². The third kappa shape index (κ3) is 40.6. The molecule has 6 nitrogen and oxygen atoms in total. The minimum atomic E-state index is -0.786. The molecule has 0 aliphatic carbocycles. The first kappa shape index (κ1) is 55.1. The van der Waals surface area contributed by atoms with Gasteiger partial charge in [-0.2, -0.15) is 0 Å². The lowest BCUT2D eigenvalue weighted by Crippen LogP contribution is -2.46. The first-order valence-electron chi connectivity index (χ1n) is 24.7. The number of nitrogens with one attached hydrogen (secondary N) is 1. The van der Waals surface area contributed by atoms with Crippen molar-refractivity contribution in [1.29, 1.82) is 0 Å².